The van der Waals surface area contributed by atoms with Crippen molar-refractivity contribution in [3.05, 3.63) is 47.0 Å². The Labute approximate surface area is 200 Å². The minimum Gasteiger partial charge on any atom is -0.497 e. The predicted octanol–water partition coefficient (Wildman–Crippen LogP) is 2.79. The zero-order valence-corrected chi connectivity index (χ0v) is 19.9. The van der Waals surface area contributed by atoms with Gasteiger partial charge in [-0.25, -0.2) is 10.4 Å². The number of benzene rings is 2. The third kappa shape index (κ3) is 4.93. The predicted molar refractivity (Wildman–Crippen MR) is 130 cm³/mol. The standard InChI is InChI=1S/C22H24ClN5O4S/c1-12-4-5-13(8-16(12)23)28-21(30)15-10-24-27-20(15)26-22(28)33-11-19(29)25-17-7-6-14(31-2)9-18(17)32-3/h4-9,15,20,24,27H,10-11H2,1-3H3,(H,25,29). The summed E-state index contributed by atoms with van der Waals surface area (Å²) in [4.78, 5) is 32.2. The fourth-order valence-electron chi connectivity index (χ4n) is 3.55. The number of rotatable bonds is 6. The van der Waals surface area contributed by atoms with Crippen LogP contribution in [0.2, 0.25) is 5.02 Å². The number of aryl methyl sites for hydroxylation is 1. The van der Waals surface area contributed by atoms with Gasteiger partial charge in [-0.05, 0) is 36.8 Å². The van der Waals surface area contributed by atoms with E-state index in [-0.39, 0.29) is 29.7 Å². The summed E-state index contributed by atoms with van der Waals surface area (Å²) in [6.45, 7) is 2.37. The van der Waals surface area contributed by atoms with Crippen LogP contribution in [0.5, 0.6) is 11.5 Å². The van der Waals surface area contributed by atoms with Crippen LogP contribution in [0.4, 0.5) is 11.4 Å². The van der Waals surface area contributed by atoms with Crippen LogP contribution in [0, 0.1) is 12.8 Å². The number of carbonyl (C=O) groups is 2. The quantitative estimate of drug-likeness (QED) is 0.573. The minimum absolute atomic E-state index is 0.0439. The molecule has 2 aromatic carbocycles. The monoisotopic (exact) mass is 489 g/mol. The van der Waals surface area contributed by atoms with Gasteiger partial charge in [0.2, 0.25) is 11.8 Å². The number of anilines is 2. The smallest absolute Gasteiger partial charge is 0.241 e. The number of aliphatic imine (C=N–C) groups is 1. The van der Waals surface area contributed by atoms with Crippen LogP contribution in [0.25, 0.3) is 0 Å². The average Bonchev–Trinajstić information content (AvgIpc) is 3.29. The molecular weight excluding hydrogens is 466 g/mol. The maximum Gasteiger partial charge on any atom is 0.241 e. The number of thioether (sulfide) groups is 1. The zero-order valence-electron chi connectivity index (χ0n) is 18.3. The molecule has 4 rings (SSSR count). The van der Waals surface area contributed by atoms with Crippen LogP contribution in [-0.4, -0.2) is 49.7 Å². The van der Waals surface area contributed by atoms with E-state index in [1.54, 1.807) is 31.4 Å². The van der Waals surface area contributed by atoms with Crippen LogP contribution in [0.1, 0.15) is 5.56 Å². The Balaban J connectivity index is 1.53. The number of hydrazine groups is 1. The lowest BCUT2D eigenvalue weighted by Gasteiger charge is -2.32. The number of amidine groups is 1. The van der Waals surface area contributed by atoms with E-state index < -0.39 is 0 Å². The van der Waals surface area contributed by atoms with Crippen LogP contribution >= 0.6 is 23.4 Å². The van der Waals surface area contributed by atoms with Gasteiger partial charge < -0.3 is 14.8 Å². The fourth-order valence-corrected chi connectivity index (χ4v) is 4.57. The van der Waals surface area contributed by atoms with Gasteiger partial charge in [-0.1, -0.05) is 29.4 Å². The highest BCUT2D eigenvalue weighted by molar-refractivity contribution is 8.14. The van der Waals surface area contributed by atoms with Gasteiger partial charge in [0.05, 0.1) is 37.3 Å². The van der Waals surface area contributed by atoms with Crippen LogP contribution in [0.3, 0.4) is 0 Å². The maximum atomic E-state index is 13.3. The Kier molecular flexibility index (Phi) is 7.08. The number of methoxy groups -OCH3 is 2. The summed E-state index contributed by atoms with van der Waals surface area (Å²) in [5.74, 6) is 0.438. The van der Waals surface area contributed by atoms with E-state index in [4.69, 9.17) is 21.1 Å². The third-order valence-corrected chi connectivity index (χ3v) is 6.72. The number of fused-ring (bicyclic) bond motifs is 1. The Bertz CT molecular complexity index is 1110. The number of ether oxygens (including phenoxy) is 2. The molecule has 1 fully saturated rings. The highest BCUT2D eigenvalue weighted by Gasteiger charge is 2.42. The third-order valence-electron chi connectivity index (χ3n) is 5.36. The number of carbonyl (C=O) groups excluding carboxylic acids is 2. The number of nitrogens with zero attached hydrogens (tertiary/aromatic N) is 2. The molecule has 0 aromatic heterocycles. The number of amides is 2. The average molecular weight is 490 g/mol. The normalized spacial score (nSPS) is 19.7. The first kappa shape index (κ1) is 23.4. The topological polar surface area (TPSA) is 104 Å². The van der Waals surface area contributed by atoms with Crippen molar-refractivity contribution in [1.82, 2.24) is 10.9 Å². The van der Waals surface area contributed by atoms with Gasteiger partial charge in [0.1, 0.15) is 17.7 Å². The van der Waals surface area contributed by atoms with Gasteiger partial charge in [-0.15, -0.1) is 0 Å². The van der Waals surface area contributed by atoms with Crippen molar-refractivity contribution in [3.8, 4) is 11.5 Å². The van der Waals surface area contributed by atoms with E-state index in [2.05, 4.69) is 21.2 Å². The SMILES string of the molecule is COc1ccc(NC(=O)CSC2=NC3NNCC3C(=O)N2c2ccc(C)c(Cl)c2)c(OC)c1. The van der Waals surface area contributed by atoms with E-state index >= 15 is 0 Å². The van der Waals surface area contributed by atoms with E-state index in [1.165, 1.54) is 23.8 Å². The molecule has 11 heteroatoms. The molecule has 2 amide bonds. The first-order valence-corrected chi connectivity index (χ1v) is 11.6. The molecule has 33 heavy (non-hydrogen) atoms. The van der Waals surface area contributed by atoms with Crippen molar-refractivity contribution >= 4 is 51.7 Å². The summed E-state index contributed by atoms with van der Waals surface area (Å²) < 4.78 is 10.5. The molecule has 2 aliphatic heterocycles. The molecule has 0 saturated carbocycles. The zero-order chi connectivity index (χ0) is 23.5. The van der Waals surface area contributed by atoms with Crippen LogP contribution < -0.4 is 30.5 Å². The van der Waals surface area contributed by atoms with Gasteiger partial charge in [-0.2, -0.15) is 0 Å². The Hall–Kier alpha value is -2.79. The largest absolute Gasteiger partial charge is 0.497 e. The Morgan fingerprint density at radius 1 is 1.27 bits per heavy atom. The van der Waals surface area contributed by atoms with Crippen molar-refractivity contribution in [2.75, 3.05) is 36.7 Å². The number of hydrogen-bond donors (Lipinski definition) is 3. The molecule has 2 aromatic rings. The second kappa shape index (κ2) is 10.0. The van der Waals surface area contributed by atoms with Gasteiger partial charge in [0.25, 0.3) is 0 Å². The lowest BCUT2D eigenvalue weighted by atomic mass is 10.0. The number of nitrogens with one attached hydrogen (secondary N) is 3. The van der Waals surface area contributed by atoms with Crippen molar-refractivity contribution in [2.45, 2.75) is 13.1 Å². The fraction of sp³-hybridized carbons (Fsp3) is 0.318. The van der Waals surface area contributed by atoms with Crippen molar-refractivity contribution in [1.29, 1.82) is 0 Å². The van der Waals surface area contributed by atoms with Gasteiger partial charge in [0.15, 0.2) is 5.17 Å². The number of hydrogen-bond acceptors (Lipinski definition) is 8. The number of halogens is 1. The summed E-state index contributed by atoms with van der Waals surface area (Å²) in [5, 5.41) is 3.81. The summed E-state index contributed by atoms with van der Waals surface area (Å²) in [7, 11) is 3.08. The molecule has 2 unspecified atom stereocenters. The molecule has 3 N–H and O–H groups in total. The second-order valence-electron chi connectivity index (χ2n) is 7.50. The van der Waals surface area contributed by atoms with Gasteiger partial charge >= 0.3 is 0 Å². The lowest BCUT2D eigenvalue weighted by molar-refractivity contribution is -0.121. The summed E-state index contributed by atoms with van der Waals surface area (Å²) in [6.07, 6.45) is -0.387. The van der Waals surface area contributed by atoms with Crippen LogP contribution in [-0.2, 0) is 9.59 Å². The van der Waals surface area contributed by atoms with Gasteiger partial charge in [-0.3, -0.25) is 19.9 Å². The molecule has 2 aliphatic rings. The molecule has 0 bridgehead atoms. The van der Waals surface area contributed by atoms with E-state index in [0.29, 0.717) is 39.6 Å². The molecule has 2 atom stereocenters. The molecule has 0 spiro atoms. The molecule has 0 aliphatic carbocycles. The summed E-state index contributed by atoms with van der Waals surface area (Å²) in [6, 6.07) is 10.6. The molecule has 174 valence electrons. The molecule has 0 radical (unpaired) electrons. The second-order valence-corrected chi connectivity index (χ2v) is 8.85. The van der Waals surface area contributed by atoms with Gasteiger partial charge in [0, 0.05) is 17.6 Å². The summed E-state index contributed by atoms with van der Waals surface area (Å²) in [5.41, 5.74) is 8.04. The Morgan fingerprint density at radius 3 is 2.82 bits per heavy atom. The minimum atomic E-state index is -0.387. The lowest BCUT2D eigenvalue weighted by Crippen LogP contribution is -2.49. The highest BCUT2D eigenvalue weighted by atomic mass is 35.5. The van der Waals surface area contributed by atoms with E-state index in [1.807, 2.05) is 19.1 Å². The van der Waals surface area contributed by atoms with Crippen LogP contribution in [0.15, 0.2) is 41.4 Å². The van der Waals surface area contributed by atoms with Crippen molar-refractivity contribution in [2.24, 2.45) is 10.9 Å². The van der Waals surface area contributed by atoms with E-state index in [9.17, 15) is 9.59 Å². The van der Waals surface area contributed by atoms with Crippen molar-refractivity contribution < 1.29 is 19.1 Å². The van der Waals surface area contributed by atoms with E-state index in [0.717, 1.165) is 5.56 Å². The first-order chi connectivity index (χ1) is 15.9. The maximum absolute atomic E-state index is 13.3. The summed E-state index contributed by atoms with van der Waals surface area (Å²) >= 11 is 7.49. The molecule has 2 heterocycles. The molecular formula is C22H24ClN5O4S. The highest BCUT2D eigenvalue weighted by Crippen LogP contribution is 2.32. The van der Waals surface area contributed by atoms with Crippen molar-refractivity contribution in [3.63, 3.8) is 0 Å². The molecule has 9 nitrogen and oxygen atoms in total. The molecule has 1 saturated heterocycles. The first-order valence-electron chi connectivity index (χ1n) is 10.2. The Morgan fingerprint density at radius 2 is 2.09 bits per heavy atom.